The largest absolute Gasteiger partial charge is 0.436 e. The second-order valence-electron chi connectivity index (χ2n) is 7.61. The molecule has 164 valence electrons. The average Bonchev–Trinajstić information content (AvgIpc) is 3.43. The summed E-state index contributed by atoms with van der Waals surface area (Å²) in [5.41, 5.74) is -0.775. The van der Waals surface area contributed by atoms with Gasteiger partial charge in [0.2, 0.25) is 11.8 Å². The summed E-state index contributed by atoms with van der Waals surface area (Å²) in [7, 11) is 0. The van der Waals surface area contributed by atoms with E-state index < -0.39 is 11.9 Å². The fourth-order valence-corrected chi connectivity index (χ4v) is 4.32. The lowest BCUT2D eigenvalue weighted by molar-refractivity contribution is -0.142. The van der Waals surface area contributed by atoms with Crippen LogP contribution in [-0.2, 0) is 22.3 Å². The molecule has 2 aromatic heterocycles. The third-order valence-electron chi connectivity index (χ3n) is 5.62. The minimum absolute atomic E-state index is 0.0776. The Morgan fingerprint density at radius 2 is 1.97 bits per heavy atom. The van der Waals surface area contributed by atoms with Gasteiger partial charge in [0, 0.05) is 32.2 Å². The number of rotatable bonds is 4. The van der Waals surface area contributed by atoms with Gasteiger partial charge in [-0.25, -0.2) is 0 Å². The number of hydrogen-bond acceptors (Lipinski definition) is 6. The molecule has 12 heteroatoms. The summed E-state index contributed by atoms with van der Waals surface area (Å²) in [6.07, 6.45) is -2.21. The number of ether oxygens (including phenoxy) is 1. The standard InChI is InChI=1S/C18H21BrF3N5O3/c1-10-14(19)15(18(20,21)22)24-27(10)9-13(28)26-5-2-12(8-26)17-23-16(25-30-17)11-3-6-29-7-4-11/h11-12H,2-9H2,1H3. The van der Waals surface area contributed by atoms with Gasteiger partial charge >= 0.3 is 6.18 Å². The first-order chi connectivity index (χ1) is 14.2. The van der Waals surface area contributed by atoms with E-state index in [4.69, 9.17) is 9.26 Å². The van der Waals surface area contributed by atoms with Gasteiger partial charge in [-0.2, -0.15) is 23.3 Å². The molecule has 2 aromatic rings. The zero-order chi connectivity index (χ0) is 21.5. The van der Waals surface area contributed by atoms with Gasteiger partial charge in [0.25, 0.3) is 0 Å². The van der Waals surface area contributed by atoms with E-state index in [0.29, 0.717) is 44.4 Å². The van der Waals surface area contributed by atoms with Crippen LogP contribution >= 0.6 is 15.9 Å². The fourth-order valence-electron chi connectivity index (χ4n) is 3.81. The van der Waals surface area contributed by atoms with Gasteiger partial charge in [-0.3, -0.25) is 9.48 Å². The van der Waals surface area contributed by atoms with Crippen LogP contribution in [0.15, 0.2) is 9.00 Å². The van der Waals surface area contributed by atoms with Crippen molar-refractivity contribution in [2.45, 2.75) is 50.7 Å². The number of halogens is 4. The number of nitrogens with zero attached hydrogens (tertiary/aromatic N) is 5. The quantitative estimate of drug-likeness (QED) is 0.652. The van der Waals surface area contributed by atoms with Gasteiger partial charge in [-0.15, -0.1) is 0 Å². The lowest BCUT2D eigenvalue weighted by Gasteiger charge is -2.18. The lowest BCUT2D eigenvalue weighted by Crippen LogP contribution is -2.32. The molecule has 1 atom stereocenters. The van der Waals surface area contributed by atoms with E-state index in [-0.39, 0.29) is 34.5 Å². The van der Waals surface area contributed by atoms with Crippen molar-refractivity contribution >= 4 is 21.8 Å². The highest BCUT2D eigenvalue weighted by atomic mass is 79.9. The molecule has 30 heavy (non-hydrogen) atoms. The van der Waals surface area contributed by atoms with Crippen molar-refractivity contribution in [3.63, 3.8) is 0 Å². The number of carbonyl (C=O) groups excluding carboxylic acids is 1. The first kappa shape index (κ1) is 21.3. The molecule has 0 aliphatic carbocycles. The summed E-state index contributed by atoms with van der Waals surface area (Å²) in [5, 5.41) is 7.67. The molecule has 2 fully saturated rings. The molecule has 8 nitrogen and oxygen atoms in total. The van der Waals surface area contributed by atoms with E-state index in [1.807, 2.05) is 0 Å². The third kappa shape index (κ3) is 4.25. The van der Waals surface area contributed by atoms with Crippen molar-refractivity contribution in [1.29, 1.82) is 0 Å². The number of hydrogen-bond donors (Lipinski definition) is 0. The van der Waals surface area contributed by atoms with Crippen molar-refractivity contribution in [3.05, 3.63) is 27.6 Å². The Bertz CT molecular complexity index is 923. The van der Waals surface area contributed by atoms with Crippen LogP contribution in [0.3, 0.4) is 0 Å². The molecule has 2 aliphatic rings. The Labute approximate surface area is 178 Å². The monoisotopic (exact) mass is 491 g/mol. The SMILES string of the molecule is Cc1c(Br)c(C(F)(F)F)nn1CC(=O)N1CCC(c2nc(C3CCOCC3)no2)C1. The first-order valence-corrected chi connectivity index (χ1v) is 10.5. The Morgan fingerprint density at radius 3 is 2.63 bits per heavy atom. The highest BCUT2D eigenvalue weighted by molar-refractivity contribution is 9.10. The van der Waals surface area contributed by atoms with Crippen molar-refractivity contribution in [3.8, 4) is 0 Å². The predicted octanol–water partition coefficient (Wildman–Crippen LogP) is 3.27. The molecule has 1 amide bonds. The highest BCUT2D eigenvalue weighted by Gasteiger charge is 2.38. The maximum Gasteiger partial charge on any atom is 0.436 e. The average molecular weight is 492 g/mol. The number of amides is 1. The Kier molecular flexibility index (Phi) is 5.88. The fraction of sp³-hybridized carbons (Fsp3) is 0.667. The van der Waals surface area contributed by atoms with Crippen LogP contribution in [0.2, 0.25) is 0 Å². The predicted molar refractivity (Wildman–Crippen MR) is 101 cm³/mol. The van der Waals surface area contributed by atoms with Gasteiger partial charge in [-0.05, 0) is 42.1 Å². The molecule has 4 rings (SSSR count). The molecule has 0 saturated carbocycles. The summed E-state index contributed by atoms with van der Waals surface area (Å²) in [5.74, 6) is 1.03. The number of aromatic nitrogens is 4. The Morgan fingerprint density at radius 1 is 1.23 bits per heavy atom. The van der Waals surface area contributed by atoms with E-state index in [1.165, 1.54) is 6.92 Å². The lowest BCUT2D eigenvalue weighted by atomic mass is 10.00. The number of likely N-dealkylation sites (tertiary alicyclic amines) is 1. The Balaban J connectivity index is 1.39. The maximum absolute atomic E-state index is 13.0. The molecule has 0 radical (unpaired) electrons. The molecular weight excluding hydrogens is 471 g/mol. The third-order valence-corrected chi connectivity index (χ3v) is 6.57. The van der Waals surface area contributed by atoms with Crippen molar-refractivity contribution in [2.75, 3.05) is 26.3 Å². The van der Waals surface area contributed by atoms with E-state index in [2.05, 4.69) is 31.2 Å². The highest BCUT2D eigenvalue weighted by Crippen LogP contribution is 2.36. The normalized spacial score (nSPS) is 20.8. The van der Waals surface area contributed by atoms with Crippen LogP contribution in [0.1, 0.15) is 54.2 Å². The second-order valence-corrected chi connectivity index (χ2v) is 8.40. The first-order valence-electron chi connectivity index (χ1n) is 9.73. The molecule has 0 bridgehead atoms. The van der Waals surface area contributed by atoms with E-state index in [9.17, 15) is 18.0 Å². The van der Waals surface area contributed by atoms with Gasteiger partial charge in [0.15, 0.2) is 11.5 Å². The topological polar surface area (TPSA) is 86.3 Å². The maximum atomic E-state index is 13.0. The van der Waals surface area contributed by atoms with Gasteiger partial charge < -0.3 is 14.2 Å². The van der Waals surface area contributed by atoms with E-state index in [0.717, 1.165) is 17.5 Å². The summed E-state index contributed by atoms with van der Waals surface area (Å²) in [6, 6.07) is 0. The molecule has 0 aromatic carbocycles. The summed E-state index contributed by atoms with van der Waals surface area (Å²) in [4.78, 5) is 18.8. The van der Waals surface area contributed by atoms with Crippen LogP contribution < -0.4 is 0 Å². The minimum Gasteiger partial charge on any atom is -0.381 e. The summed E-state index contributed by atoms with van der Waals surface area (Å²) >= 11 is 2.92. The van der Waals surface area contributed by atoms with Gasteiger partial charge in [0.05, 0.1) is 16.1 Å². The molecule has 0 spiro atoms. The van der Waals surface area contributed by atoms with Gasteiger partial charge in [0.1, 0.15) is 6.54 Å². The van der Waals surface area contributed by atoms with Crippen molar-refractivity contribution in [1.82, 2.24) is 24.8 Å². The molecular formula is C18H21BrF3N5O3. The van der Waals surface area contributed by atoms with E-state index >= 15 is 0 Å². The van der Waals surface area contributed by atoms with Crippen LogP contribution in [0.25, 0.3) is 0 Å². The minimum atomic E-state index is -4.59. The van der Waals surface area contributed by atoms with E-state index in [1.54, 1.807) is 4.90 Å². The molecule has 0 N–H and O–H groups in total. The second kappa shape index (κ2) is 8.29. The summed E-state index contributed by atoms with van der Waals surface area (Å²) in [6.45, 7) is 3.46. The number of carbonyl (C=O) groups is 1. The Hall–Kier alpha value is -1.95. The van der Waals surface area contributed by atoms with Crippen LogP contribution in [0, 0.1) is 6.92 Å². The molecule has 1 unspecified atom stereocenters. The van der Waals surface area contributed by atoms with Crippen LogP contribution in [0.5, 0.6) is 0 Å². The van der Waals surface area contributed by atoms with Crippen molar-refractivity contribution < 1.29 is 27.2 Å². The summed E-state index contributed by atoms with van der Waals surface area (Å²) < 4.78 is 50.8. The van der Waals surface area contributed by atoms with Crippen molar-refractivity contribution in [2.24, 2.45) is 0 Å². The smallest absolute Gasteiger partial charge is 0.381 e. The van der Waals surface area contributed by atoms with Gasteiger partial charge in [-0.1, -0.05) is 5.16 Å². The zero-order valence-electron chi connectivity index (χ0n) is 16.3. The number of alkyl halides is 3. The molecule has 2 saturated heterocycles. The zero-order valence-corrected chi connectivity index (χ0v) is 17.9. The molecule has 4 heterocycles. The van der Waals surface area contributed by atoms with Crippen LogP contribution in [-0.4, -0.2) is 57.0 Å². The molecule has 2 aliphatic heterocycles. The van der Waals surface area contributed by atoms with Crippen LogP contribution in [0.4, 0.5) is 13.2 Å².